The van der Waals surface area contributed by atoms with Gasteiger partial charge in [0.05, 0.1) is 12.0 Å². The molecule has 33 heavy (non-hydrogen) atoms. The highest BCUT2D eigenvalue weighted by Gasteiger charge is 2.46. The summed E-state index contributed by atoms with van der Waals surface area (Å²) in [4.78, 5) is 13.5. The van der Waals surface area contributed by atoms with Crippen LogP contribution < -0.4 is 10.2 Å². The molecule has 3 aromatic rings. The van der Waals surface area contributed by atoms with Crippen LogP contribution >= 0.6 is 11.3 Å². The molecule has 0 aliphatic carbocycles. The highest BCUT2D eigenvalue weighted by molar-refractivity contribution is 7.89. The van der Waals surface area contributed by atoms with Gasteiger partial charge in [-0.25, -0.2) is 13.9 Å². The van der Waals surface area contributed by atoms with Crippen LogP contribution in [0.3, 0.4) is 0 Å². The summed E-state index contributed by atoms with van der Waals surface area (Å²) in [6.07, 6.45) is -0.785. The lowest BCUT2D eigenvalue weighted by molar-refractivity contribution is -0.134. The number of amides is 1. The number of sulfonamides is 1. The van der Waals surface area contributed by atoms with E-state index in [-0.39, 0.29) is 11.4 Å². The lowest BCUT2D eigenvalue weighted by Crippen LogP contribution is -2.52. The fourth-order valence-electron chi connectivity index (χ4n) is 4.25. The molecular formula is C23H24N2O6S2. The van der Waals surface area contributed by atoms with Gasteiger partial charge in [0.15, 0.2) is 0 Å². The zero-order valence-corrected chi connectivity index (χ0v) is 19.4. The van der Waals surface area contributed by atoms with E-state index in [1.165, 1.54) is 42.7 Å². The van der Waals surface area contributed by atoms with Crippen LogP contribution in [0.15, 0.2) is 70.9 Å². The standard InChI is InChI=1S/C23H24N2O6S2/c1-31-16-7-9-17(10-8-16)33(29,30)25-14-20(26)22-18(11-12-32-22)19(21(25)23(27)24-28)13-15-5-3-2-4-6-15/h2-12,19-21,26,28H,13-14H2,1H3,(H,24,27)/t19-,20-,21+/m0/s1. The molecule has 3 atom stereocenters. The van der Waals surface area contributed by atoms with Crippen LogP contribution in [0, 0.1) is 0 Å². The van der Waals surface area contributed by atoms with Gasteiger partial charge in [0.1, 0.15) is 17.9 Å². The number of β-amino-alcohol motifs (C(OH)–C–C–N with tert-alkyl or cyclic N) is 1. The highest BCUT2D eigenvalue weighted by Crippen LogP contribution is 2.41. The number of fused-ring (bicyclic) bond motifs is 1. The zero-order valence-electron chi connectivity index (χ0n) is 17.8. The minimum Gasteiger partial charge on any atom is -0.497 e. The predicted octanol–water partition coefficient (Wildman–Crippen LogP) is 2.69. The number of aliphatic hydroxyl groups excluding tert-OH is 1. The van der Waals surface area contributed by atoms with E-state index >= 15 is 0 Å². The number of methoxy groups -OCH3 is 1. The minimum atomic E-state index is -4.22. The molecule has 1 aliphatic rings. The normalized spacial score (nSPS) is 21.1. The molecule has 0 unspecified atom stereocenters. The molecule has 1 aliphatic heterocycles. The van der Waals surface area contributed by atoms with Crippen LogP contribution in [-0.2, 0) is 21.2 Å². The Kier molecular flexibility index (Phi) is 6.82. The quantitative estimate of drug-likeness (QED) is 0.363. The Morgan fingerprint density at radius 3 is 2.48 bits per heavy atom. The van der Waals surface area contributed by atoms with Crippen LogP contribution in [0.4, 0.5) is 0 Å². The van der Waals surface area contributed by atoms with Gasteiger partial charge in [-0.2, -0.15) is 4.31 Å². The smallest absolute Gasteiger partial charge is 0.262 e. The van der Waals surface area contributed by atoms with Gasteiger partial charge in [-0.3, -0.25) is 10.0 Å². The fourth-order valence-corrected chi connectivity index (χ4v) is 6.82. The van der Waals surface area contributed by atoms with Crippen molar-refractivity contribution >= 4 is 27.3 Å². The third-order valence-corrected chi connectivity index (χ3v) is 8.71. The first-order valence-electron chi connectivity index (χ1n) is 10.3. The van der Waals surface area contributed by atoms with E-state index in [2.05, 4.69) is 0 Å². The number of hydrogen-bond donors (Lipinski definition) is 3. The van der Waals surface area contributed by atoms with Crippen LogP contribution in [-0.4, -0.2) is 48.6 Å². The molecule has 0 spiro atoms. The van der Waals surface area contributed by atoms with Gasteiger partial charge in [0.25, 0.3) is 5.91 Å². The van der Waals surface area contributed by atoms with Gasteiger partial charge in [-0.05, 0) is 53.3 Å². The monoisotopic (exact) mass is 488 g/mol. The average Bonchev–Trinajstić information content (AvgIpc) is 3.29. The summed E-state index contributed by atoms with van der Waals surface area (Å²) in [5.41, 5.74) is 3.23. The molecule has 10 heteroatoms. The molecule has 3 N–H and O–H groups in total. The molecule has 2 aromatic carbocycles. The maximum atomic E-state index is 13.7. The highest BCUT2D eigenvalue weighted by atomic mass is 32.2. The van der Waals surface area contributed by atoms with E-state index in [4.69, 9.17) is 4.74 Å². The first-order chi connectivity index (χ1) is 15.9. The van der Waals surface area contributed by atoms with E-state index in [9.17, 15) is 23.5 Å². The van der Waals surface area contributed by atoms with E-state index in [1.807, 2.05) is 35.7 Å². The Morgan fingerprint density at radius 2 is 1.85 bits per heavy atom. The van der Waals surface area contributed by atoms with Gasteiger partial charge in [-0.1, -0.05) is 30.3 Å². The third-order valence-electron chi connectivity index (χ3n) is 5.82. The number of hydrogen-bond acceptors (Lipinski definition) is 7. The molecule has 0 bridgehead atoms. The van der Waals surface area contributed by atoms with Crippen molar-refractivity contribution in [3.63, 3.8) is 0 Å². The lowest BCUT2D eigenvalue weighted by atomic mass is 9.86. The van der Waals surface area contributed by atoms with Crippen molar-refractivity contribution in [3.8, 4) is 5.75 Å². The molecule has 1 amide bonds. The summed E-state index contributed by atoms with van der Waals surface area (Å²) < 4.78 is 33.5. The SMILES string of the molecule is COc1ccc(S(=O)(=O)N2C[C@H](O)c3sccc3[C@H](Cc3ccccc3)[C@@H]2C(=O)NO)cc1. The summed E-state index contributed by atoms with van der Waals surface area (Å²) in [7, 11) is -2.74. The second-order valence-electron chi connectivity index (χ2n) is 7.72. The lowest BCUT2D eigenvalue weighted by Gasteiger charge is -2.33. The molecule has 2 heterocycles. The van der Waals surface area contributed by atoms with Crippen molar-refractivity contribution in [2.75, 3.05) is 13.7 Å². The van der Waals surface area contributed by atoms with Crippen molar-refractivity contribution in [1.82, 2.24) is 9.79 Å². The number of benzene rings is 2. The first kappa shape index (κ1) is 23.4. The Balaban J connectivity index is 1.85. The fraction of sp³-hybridized carbons (Fsp3) is 0.261. The van der Waals surface area contributed by atoms with Gasteiger partial charge in [-0.15, -0.1) is 11.3 Å². The van der Waals surface area contributed by atoms with Crippen LogP contribution in [0.2, 0.25) is 0 Å². The van der Waals surface area contributed by atoms with Crippen molar-refractivity contribution in [1.29, 1.82) is 0 Å². The molecule has 0 fully saturated rings. The number of hydroxylamine groups is 1. The van der Waals surface area contributed by atoms with Gasteiger partial charge < -0.3 is 9.84 Å². The zero-order chi connectivity index (χ0) is 23.6. The minimum absolute atomic E-state index is 0.0463. The second kappa shape index (κ2) is 9.62. The Bertz CT molecular complexity index is 1210. The predicted molar refractivity (Wildman–Crippen MR) is 123 cm³/mol. The van der Waals surface area contributed by atoms with E-state index in [1.54, 1.807) is 11.5 Å². The van der Waals surface area contributed by atoms with Gasteiger partial charge >= 0.3 is 0 Å². The topological polar surface area (TPSA) is 116 Å². The van der Waals surface area contributed by atoms with Crippen molar-refractivity contribution in [2.45, 2.75) is 29.4 Å². The van der Waals surface area contributed by atoms with Crippen LogP contribution in [0.5, 0.6) is 5.75 Å². The molecule has 0 saturated carbocycles. The maximum absolute atomic E-state index is 13.7. The number of thiophene rings is 1. The molecular weight excluding hydrogens is 464 g/mol. The molecule has 8 nitrogen and oxygen atoms in total. The Labute approximate surface area is 196 Å². The van der Waals surface area contributed by atoms with Crippen molar-refractivity contribution < 1.29 is 28.3 Å². The van der Waals surface area contributed by atoms with Crippen LogP contribution in [0.1, 0.15) is 28.0 Å². The Hall–Kier alpha value is -2.76. The largest absolute Gasteiger partial charge is 0.497 e. The number of aliphatic hydroxyl groups is 1. The van der Waals surface area contributed by atoms with E-state index < -0.39 is 34.0 Å². The van der Waals surface area contributed by atoms with E-state index in [0.717, 1.165) is 9.87 Å². The molecule has 1 aromatic heterocycles. The van der Waals surface area contributed by atoms with E-state index in [0.29, 0.717) is 22.6 Å². The molecule has 174 valence electrons. The first-order valence-corrected chi connectivity index (χ1v) is 12.6. The molecule has 0 saturated heterocycles. The number of nitrogens with one attached hydrogen (secondary N) is 1. The number of ether oxygens (including phenoxy) is 1. The van der Waals surface area contributed by atoms with Gasteiger partial charge in [0, 0.05) is 17.3 Å². The molecule has 0 radical (unpaired) electrons. The summed E-state index contributed by atoms with van der Waals surface area (Å²) in [6, 6.07) is 15.7. The second-order valence-corrected chi connectivity index (χ2v) is 10.6. The average molecular weight is 489 g/mol. The summed E-state index contributed by atoms with van der Waals surface area (Å²) in [5.74, 6) is -1.01. The number of nitrogens with zero attached hydrogens (tertiary/aromatic N) is 1. The Morgan fingerprint density at radius 1 is 1.15 bits per heavy atom. The number of rotatable bonds is 6. The van der Waals surface area contributed by atoms with Crippen molar-refractivity contribution in [2.24, 2.45) is 0 Å². The summed E-state index contributed by atoms with van der Waals surface area (Å²) >= 11 is 1.31. The summed E-state index contributed by atoms with van der Waals surface area (Å²) in [5, 5.41) is 22.3. The number of carbonyl (C=O) groups excluding carboxylic acids is 1. The van der Waals surface area contributed by atoms with Crippen molar-refractivity contribution in [3.05, 3.63) is 82.0 Å². The summed E-state index contributed by atoms with van der Waals surface area (Å²) in [6.45, 7) is -0.328. The van der Waals surface area contributed by atoms with Crippen LogP contribution in [0.25, 0.3) is 0 Å². The molecule has 4 rings (SSSR count). The van der Waals surface area contributed by atoms with Gasteiger partial charge in [0.2, 0.25) is 10.0 Å². The maximum Gasteiger partial charge on any atom is 0.262 e. The third kappa shape index (κ3) is 4.53. The number of carbonyl (C=O) groups is 1.